The molecule has 0 aliphatic carbocycles. The maximum absolute atomic E-state index is 13.3. The molecule has 0 radical (unpaired) electrons. The van der Waals surface area contributed by atoms with Gasteiger partial charge >= 0.3 is 5.97 Å². The van der Waals surface area contributed by atoms with Crippen LogP contribution in [0.5, 0.6) is 0 Å². The second-order valence-corrected chi connectivity index (χ2v) is 21.1. The molecule has 410 valence electrons. The van der Waals surface area contributed by atoms with Crippen molar-refractivity contribution in [3.63, 3.8) is 0 Å². The highest BCUT2D eigenvalue weighted by Gasteiger charge is 2.24. The van der Waals surface area contributed by atoms with E-state index in [1.54, 1.807) is 0 Å². The first kappa shape index (κ1) is 67.8. The van der Waals surface area contributed by atoms with E-state index in [-0.39, 0.29) is 24.9 Å². The van der Waals surface area contributed by atoms with Gasteiger partial charge < -0.3 is 20.3 Å². The van der Waals surface area contributed by atoms with Crippen molar-refractivity contribution in [1.82, 2.24) is 5.32 Å². The van der Waals surface area contributed by atoms with E-state index in [2.05, 4.69) is 74.7 Å². The van der Waals surface area contributed by atoms with E-state index >= 15 is 0 Å². The molecule has 0 aromatic carbocycles. The maximum Gasteiger partial charge on any atom is 0.306 e. The van der Waals surface area contributed by atoms with E-state index < -0.39 is 18.2 Å². The highest BCUT2D eigenvalue weighted by atomic mass is 16.5. The molecule has 0 saturated carbocycles. The van der Waals surface area contributed by atoms with Crippen LogP contribution in [0.25, 0.3) is 0 Å². The fourth-order valence-corrected chi connectivity index (χ4v) is 9.43. The normalized spacial score (nSPS) is 13.4. The lowest BCUT2D eigenvalue weighted by Crippen LogP contribution is -2.46. The van der Waals surface area contributed by atoms with Crippen molar-refractivity contribution in [1.29, 1.82) is 0 Å². The highest BCUT2D eigenvalue weighted by Crippen LogP contribution is 2.19. The summed E-state index contributed by atoms with van der Waals surface area (Å²) in [6, 6.07) is -0.708. The number of amides is 1. The van der Waals surface area contributed by atoms with Crippen LogP contribution in [0, 0.1) is 0 Å². The van der Waals surface area contributed by atoms with Crippen LogP contribution in [0.15, 0.2) is 48.6 Å². The number of aliphatic hydroxyl groups excluding tert-OH is 2. The Morgan fingerprint density at radius 1 is 0.414 bits per heavy atom. The number of esters is 1. The molecule has 6 heteroatoms. The molecule has 0 aliphatic rings. The Morgan fingerprint density at radius 2 is 0.729 bits per heavy atom. The molecule has 0 aromatic rings. The molecule has 3 N–H and O–H groups in total. The van der Waals surface area contributed by atoms with Gasteiger partial charge in [0.25, 0.3) is 0 Å². The second-order valence-electron chi connectivity index (χ2n) is 21.1. The van der Waals surface area contributed by atoms with Crippen LogP contribution in [-0.4, -0.2) is 46.9 Å². The monoisotopic (exact) mass is 982 g/mol. The number of hydrogen-bond donors (Lipinski definition) is 3. The number of allylic oxidation sites excluding steroid dienone is 8. The summed E-state index contributed by atoms with van der Waals surface area (Å²) in [5.41, 5.74) is 0. The van der Waals surface area contributed by atoms with Crippen molar-refractivity contribution in [3.8, 4) is 0 Å². The molecule has 0 rings (SSSR count). The Labute approximate surface area is 436 Å². The van der Waals surface area contributed by atoms with Crippen LogP contribution in [0.2, 0.25) is 0 Å². The zero-order chi connectivity index (χ0) is 50.9. The minimum atomic E-state index is -0.794. The molecule has 0 fully saturated rings. The number of ether oxygens (including phenoxy) is 1. The highest BCUT2D eigenvalue weighted by molar-refractivity contribution is 5.77. The number of carbonyl (C=O) groups excluding carboxylic acids is 2. The number of rotatable bonds is 56. The van der Waals surface area contributed by atoms with E-state index in [9.17, 15) is 19.8 Å². The van der Waals surface area contributed by atoms with Crippen LogP contribution in [0.3, 0.4) is 0 Å². The SMILES string of the molecule is CCCCC/C=C\C/C=C\C/C=C\CCCCCCCCC(=O)OC(CCCCCCC/C=C/CCCCCCCC)CC(=O)NC(CO)C(O)CCCCCCCCCCCCCCCCCCC. The maximum atomic E-state index is 13.3. The van der Waals surface area contributed by atoms with Gasteiger partial charge in [0.1, 0.15) is 6.10 Å². The molecular formula is C64H119NO5. The predicted octanol–water partition coefficient (Wildman–Crippen LogP) is 19.4. The molecular weight excluding hydrogens is 863 g/mol. The average Bonchev–Trinajstić information content (AvgIpc) is 3.35. The lowest BCUT2D eigenvalue weighted by Gasteiger charge is -2.24. The van der Waals surface area contributed by atoms with Gasteiger partial charge in [0.05, 0.1) is 25.2 Å². The van der Waals surface area contributed by atoms with Crippen molar-refractivity contribution in [2.75, 3.05) is 6.61 Å². The lowest BCUT2D eigenvalue weighted by molar-refractivity contribution is -0.151. The van der Waals surface area contributed by atoms with Gasteiger partial charge in [0.2, 0.25) is 5.91 Å². The van der Waals surface area contributed by atoms with E-state index in [0.717, 1.165) is 77.0 Å². The third-order valence-corrected chi connectivity index (χ3v) is 14.1. The topological polar surface area (TPSA) is 95.9 Å². The number of carbonyl (C=O) groups is 2. The Balaban J connectivity index is 4.54. The molecule has 6 nitrogen and oxygen atoms in total. The zero-order valence-corrected chi connectivity index (χ0v) is 46.9. The number of unbranched alkanes of at least 4 members (excludes halogenated alkanes) is 36. The first-order valence-corrected chi connectivity index (χ1v) is 30.9. The Morgan fingerprint density at radius 3 is 1.14 bits per heavy atom. The summed E-state index contributed by atoms with van der Waals surface area (Å²) in [7, 11) is 0. The van der Waals surface area contributed by atoms with Gasteiger partial charge in [-0.25, -0.2) is 0 Å². The fraction of sp³-hybridized carbons (Fsp3) is 0.844. The van der Waals surface area contributed by atoms with Crippen molar-refractivity contribution < 1.29 is 24.5 Å². The average molecular weight is 983 g/mol. The molecule has 70 heavy (non-hydrogen) atoms. The molecule has 0 aliphatic heterocycles. The minimum absolute atomic E-state index is 0.0682. The fourth-order valence-electron chi connectivity index (χ4n) is 9.43. The van der Waals surface area contributed by atoms with Gasteiger partial charge in [-0.3, -0.25) is 9.59 Å². The van der Waals surface area contributed by atoms with Gasteiger partial charge in [0, 0.05) is 6.42 Å². The Bertz CT molecular complexity index is 1190. The number of nitrogens with one attached hydrogen (secondary N) is 1. The Hall–Kier alpha value is -2.18. The zero-order valence-electron chi connectivity index (χ0n) is 46.9. The summed E-state index contributed by atoms with van der Waals surface area (Å²) in [5, 5.41) is 24.0. The quantitative estimate of drug-likeness (QED) is 0.0321. The van der Waals surface area contributed by atoms with Crippen LogP contribution in [0.1, 0.15) is 323 Å². The largest absolute Gasteiger partial charge is 0.462 e. The summed E-state index contributed by atoms with van der Waals surface area (Å²) < 4.78 is 5.97. The standard InChI is InChI=1S/C64H119NO5/c1-4-7-10-13-16-19-22-25-28-30-31-33-36-39-42-45-48-51-54-57-64(69)70-60(55-52-49-46-43-40-37-34-27-24-21-18-15-12-9-6-3)58-63(68)65-61(59-66)62(67)56-53-50-47-44-41-38-35-32-29-26-23-20-17-14-11-8-5-2/h16,19,25,27-28,31,33-34,60-62,66-67H,4-15,17-18,20-24,26,29-30,32,35-59H2,1-3H3,(H,65,68)/b19-16-,28-25-,33-31-,34-27+. The molecule has 1 amide bonds. The smallest absolute Gasteiger partial charge is 0.306 e. The lowest BCUT2D eigenvalue weighted by atomic mass is 10.0. The van der Waals surface area contributed by atoms with E-state index in [1.165, 1.54) is 199 Å². The molecule has 0 heterocycles. The molecule has 3 atom stereocenters. The van der Waals surface area contributed by atoms with Gasteiger partial charge in [-0.05, 0) is 89.9 Å². The van der Waals surface area contributed by atoms with Crippen LogP contribution in [-0.2, 0) is 14.3 Å². The van der Waals surface area contributed by atoms with Gasteiger partial charge in [-0.1, -0.05) is 268 Å². The van der Waals surface area contributed by atoms with Crippen molar-refractivity contribution in [2.24, 2.45) is 0 Å². The number of aliphatic hydroxyl groups is 2. The first-order chi connectivity index (χ1) is 34.5. The molecule has 0 aromatic heterocycles. The molecule has 0 bridgehead atoms. The Kier molecular flexibility index (Phi) is 55.9. The van der Waals surface area contributed by atoms with Gasteiger partial charge in [-0.2, -0.15) is 0 Å². The number of hydrogen-bond acceptors (Lipinski definition) is 5. The summed E-state index contributed by atoms with van der Waals surface area (Å²) in [4.78, 5) is 26.3. The van der Waals surface area contributed by atoms with E-state index in [0.29, 0.717) is 19.3 Å². The van der Waals surface area contributed by atoms with Crippen molar-refractivity contribution in [2.45, 2.75) is 341 Å². The third kappa shape index (κ3) is 52.2. The minimum Gasteiger partial charge on any atom is -0.462 e. The van der Waals surface area contributed by atoms with Gasteiger partial charge in [0.15, 0.2) is 0 Å². The molecule has 0 spiro atoms. The van der Waals surface area contributed by atoms with Crippen molar-refractivity contribution in [3.05, 3.63) is 48.6 Å². The predicted molar refractivity (Wildman–Crippen MR) is 305 cm³/mol. The van der Waals surface area contributed by atoms with Crippen LogP contribution in [0.4, 0.5) is 0 Å². The summed E-state index contributed by atoms with van der Waals surface area (Å²) >= 11 is 0. The molecule has 0 saturated heterocycles. The van der Waals surface area contributed by atoms with Crippen LogP contribution >= 0.6 is 0 Å². The molecule has 3 unspecified atom stereocenters. The third-order valence-electron chi connectivity index (χ3n) is 14.1. The summed E-state index contributed by atoms with van der Waals surface area (Å²) in [6.45, 7) is 6.49. The van der Waals surface area contributed by atoms with E-state index in [1.807, 2.05) is 0 Å². The first-order valence-electron chi connectivity index (χ1n) is 30.9. The van der Waals surface area contributed by atoms with Crippen LogP contribution < -0.4 is 5.32 Å². The summed E-state index contributed by atoms with van der Waals surface area (Å²) in [5.74, 6) is -0.483. The van der Waals surface area contributed by atoms with Gasteiger partial charge in [-0.15, -0.1) is 0 Å². The van der Waals surface area contributed by atoms with E-state index in [4.69, 9.17) is 4.74 Å². The second kappa shape index (κ2) is 57.7. The van der Waals surface area contributed by atoms with Crippen molar-refractivity contribution >= 4 is 11.9 Å². The summed E-state index contributed by atoms with van der Waals surface area (Å²) in [6.07, 6.45) is 71.8.